The molecule has 2 aromatic carbocycles. The van der Waals surface area contributed by atoms with E-state index in [1.807, 2.05) is 25.1 Å². The van der Waals surface area contributed by atoms with Crippen molar-refractivity contribution in [2.75, 3.05) is 21.2 Å². The average molecular weight is 419 g/mol. The predicted molar refractivity (Wildman–Crippen MR) is 115 cm³/mol. The average Bonchev–Trinajstić information content (AvgIpc) is 2.71. The fraction of sp³-hybridized carbons (Fsp3) is 0.409. The number of carbonyl (C=O) groups is 1. The molecule has 0 aliphatic rings. The van der Waals surface area contributed by atoms with Gasteiger partial charge in [-0.1, -0.05) is 30.3 Å². The highest BCUT2D eigenvalue weighted by atomic mass is 32.2. The fourth-order valence-corrected chi connectivity index (χ4v) is 3.97. The van der Waals surface area contributed by atoms with E-state index in [1.165, 1.54) is 37.1 Å². The van der Waals surface area contributed by atoms with E-state index in [1.54, 1.807) is 12.1 Å². The third-order valence-electron chi connectivity index (χ3n) is 4.77. The Morgan fingerprint density at radius 3 is 2.41 bits per heavy atom. The smallest absolute Gasteiger partial charge is 0.242 e. The number of sulfonamides is 1. The SMILES string of the molecule is COc1ccc(S(=O)(=O)N(C)C)cc1CCC(=O)N[C@@H](C)CCc1ccccc1. The summed E-state index contributed by atoms with van der Waals surface area (Å²) >= 11 is 0. The van der Waals surface area contributed by atoms with Gasteiger partial charge in [0.15, 0.2) is 0 Å². The number of amides is 1. The van der Waals surface area contributed by atoms with E-state index in [0.717, 1.165) is 12.8 Å². The third kappa shape index (κ3) is 6.58. The molecule has 0 heterocycles. The van der Waals surface area contributed by atoms with Crippen molar-refractivity contribution in [1.82, 2.24) is 9.62 Å². The number of ether oxygens (including phenoxy) is 1. The molecule has 0 unspecified atom stereocenters. The molecule has 0 aliphatic carbocycles. The van der Waals surface area contributed by atoms with Crippen molar-refractivity contribution in [2.24, 2.45) is 0 Å². The molecular formula is C22H30N2O4S. The van der Waals surface area contributed by atoms with Crippen LogP contribution in [0.1, 0.15) is 30.9 Å². The van der Waals surface area contributed by atoms with Crippen molar-refractivity contribution in [1.29, 1.82) is 0 Å². The van der Waals surface area contributed by atoms with Crippen molar-refractivity contribution >= 4 is 15.9 Å². The lowest BCUT2D eigenvalue weighted by Crippen LogP contribution is -2.33. The lowest BCUT2D eigenvalue weighted by molar-refractivity contribution is -0.121. The molecule has 29 heavy (non-hydrogen) atoms. The number of hydrogen-bond donors (Lipinski definition) is 1. The van der Waals surface area contributed by atoms with Crippen molar-refractivity contribution in [3.8, 4) is 5.75 Å². The molecule has 0 aromatic heterocycles. The van der Waals surface area contributed by atoms with Crippen LogP contribution in [0.2, 0.25) is 0 Å². The molecule has 2 rings (SSSR count). The number of methoxy groups -OCH3 is 1. The Hall–Kier alpha value is -2.38. The van der Waals surface area contributed by atoms with Crippen LogP contribution in [0.25, 0.3) is 0 Å². The Morgan fingerprint density at radius 1 is 1.10 bits per heavy atom. The van der Waals surface area contributed by atoms with Crippen LogP contribution >= 0.6 is 0 Å². The molecule has 1 amide bonds. The Bertz CT molecular complexity index is 912. The van der Waals surface area contributed by atoms with Crippen LogP contribution in [0.4, 0.5) is 0 Å². The van der Waals surface area contributed by atoms with Gasteiger partial charge in [0.1, 0.15) is 5.75 Å². The molecule has 2 aromatic rings. The Balaban J connectivity index is 1.94. The zero-order valence-corrected chi connectivity index (χ0v) is 18.3. The van der Waals surface area contributed by atoms with Gasteiger partial charge in [-0.3, -0.25) is 4.79 Å². The molecule has 1 atom stereocenters. The number of hydrogen-bond acceptors (Lipinski definition) is 4. The quantitative estimate of drug-likeness (QED) is 0.644. The maximum absolute atomic E-state index is 12.4. The van der Waals surface area contributed by atoms with Gasteiger partial charge in [0.05, 0.1) is 12.0 Å². The summed E-state index contributed by atoms with van der Waals surface area (Å²) in [5, 5.41) is 3.01. The van der Waals surface area contributed by atoms with Gasteiger partial charge >= 0.3 is 0 Å². The minimum absolute atomic E-state index is 0.0602. The van der Waals surface area contributed by atoms with E-state index >= 15 is 0 Å². The number of rotatable bonds is 10. The summed E-state index contributed by atoms with van der Waals surface area (Å²) in [6, 6.07) is 15.0. The van der Waals surface area contributed by atoms with E-state index in [-0.39, 0.29) is 23.3 Å². The number of carbonyl (C=O) groups excluding carboxylic acids is 1. The number of benzene rings is 2. The van der Waals surface area contributed by atoms with E-state index in [0.29, 0.717) is 17.7 Å². The molecular weight excluding hydrogens is 388 g/mol. The molecule has 0 bridgehead atoms. The molecule has 0 fully saturated rings. The molecule has 1 N–H and O–H groups in total. The van der Waals surface area contributed by atoms with Crippen molar-refractivity contribution in [3.05, 3.63) is 59.7 Å². The highest BCUT2D eigenvalue weighted by molar-refractivity contribution is 7.89. The van der Waals surface area contributed by atoms with E-state index in [9.17, 15) is 13.2 Å². The number of nitrogens with one attached hydrogen (secondary N) is 1. The molecule has 7 heteroatoms. The molecule has 0 saturated heterocycles. The number of aryl methyl sites for hydroxylation is 2. The lowest BCUT2D eigenvalue weighted by atomic mass is 10.1. The van der Waals surface area contributed by atoms with Crippen LogP contribution in [-0.2, 0) is 27.7 Å². The largest absolute Gasteiger partial charge is 0.496 e. The molecule has 158 valence electrons. The molecule has 6 nitrogen and oxygen atoms in total. The minimum Gasteiger partial charge on any atom is -0.496 e. The van der Waals surface area contributed by atoms with Crippen LogP contribution in [0.15, 0.2) is 53.4 Å². The van der Waals surface area contributed by atoms with Gasteiger partial charge < -0.3 is 10.1 Å². The summed E-state index contributed by atoms with van der Waals surface area (Å²) < 4.78 is 31.2. The second-order valence-electron chi connectivity index (χ2n) is 7.25. The van der Waals surface area contributed by atoms with Crippen LogP contribution < -0.4 is 10.1 Å². The van der Waals surface area contributed by atoms with Crippen molar-refractivity contribution in [3.63, 3.8) is 0 Å². The van der Waals surface area contributed by atoms with Gasteiger partial charge in [0.2, 0.25) is 15.9 Å². The number of nitrogens with zero attached hydrogens (tertiary/aromatic N) is 1. The monoisotopic (exact) mass is 418 g/mol. The Morgan fingerprint density at radius 2 is 1.79 bits per heavy atom. The molecule has 0 aliphatic heterocycles. The summed E-state index contributed by atoms with van der Waals surface area (Å²) in [5.41, 5.74) is 1.94. The van der Waals surface area contributed by atoms with Crippen LogP contribution in [0.3, 0.4) is 0 Å². The highest BCUT2D eigenvalue weighted by Gasteiger charge is 2.19. The fourth-order valence-electron chi connectivity index (χ4n) is 3.02. The van der Waals surface area contributed by atoms with Gasteiger partial charge in [0.25, 0.3) is 0 Å². The third-order valence-corrected chi connectivity index (χ3v) is 6.58. The zero-order valence-electron chi connectivity index (χ0n) is 17.5. The van der Waals surface area contributed by atoms with Gasteiger partial charge in [0, 0.05) is 26.6 Å². The van der Waals surface area contributed by atoms with Gasteiger partial charge in [-0.2, -0.15) is 0 Å². The zero-order chi connectivity index (χ0) is 21.4. The second kappa shape index (κ2) is 10.4. The minimum atomic E-state index is -3.54. The van der Waals surface area contributed by atoms with Gasteiger partial charge in [-0.05, 0) is 55.5 Å². The van der Waals surface area contributed by atoms with Crippen LogP contribution in [-0.4, -0.2) is 45.9 Å². The standard InChI is InChI=1S/C22H30N2O4S/c1-17(10-11-18-8-6-5-7-9-18)23-22(25)15-12-19-16-20(13-14-21(19)28-4)29(26,27)24(2)3/h5-9,13-14,16-17H,10-12,15H2,1-4H3,(H,23,25)/t17-/m0/s1. The van der Waals surface area contributed by atoms with Crippen LogP contribution in [0, 0.1) is 0 Å². The topological polar surface area (TPSA) is 75.7 Å². The highest BCUT2D eigenvalue weighted by Crippen LogP contribution is 2.25. The van der Waals surface area contributed by atoms with Gasteiger partial charge in [-0.15, -0.1) is 0 Å². The van der Waals surface area contributed by atoms with E-state index in [2.05, 4.69) is 17.4 Å². The van der Waals surface area contributed by atoms with Crippen molar-refractivity contribution in [2.45, 2.75) is 43.5 Å². The van der Waals surface area contributed by atoms with E-state index < -0.39 is 10.0 Å². The molecule has 0 radical (unpaired) electrons. The summed E-state index contributed by atoms with van der Waals surface area (Å²) in [6.07, 6.45) is 2.42. The first-order valence-corrected chi connectivity index (χ1v) is 11.1. The summed E-state index contributed by atoms with van der Waals surface area (Å²) in [4.78, 5) is 12.5. The maximum atomic E-state index is 12.4. The first-order chi connectivity index (χ1) is 13.7. The predicted octanol–water partition coefficient (Wildman–Crippen LogP) is 3.02. The summed E-state index contributed by atoms with van der Waals surface area (Å²) in [7, 11) is 0.973. The first-order valence-electron chi connectivity index (χ1n) is 9.66. The summed E-state index contributed by atoms with van der Waals surface area (Å²) in [5.74, 6) is 0.515. The maximum Gasteiger partial charge on any atom is 0.242 e. The van der Waals surface area contributed by atoms with Gasteiger partial charge in [-0.25, -0.2) is 12.7 Å². The molecule has 0 saturated carbocycles. The normalized spacial score (nSPS) is 12.6. The Labute approximate surface area is 173 Å². The van der Waals surface area contributed by atoms with E-state index in [4.69, 9.17) is 4.74 Å². The Kier molecular flexibility index (Phi) is 8.22. The summed E-state index contributed by atoms with van der Waals surface area (Å²) in [6.45, 7) is 1.99. The van der Waals surface area contributed by atoms with Crippen molar-refractivity contribution < 1.29 is 17.9 Å². The molecule has 0 spiro atoms. The lowest BCUT2D eigenvalue weighted by Gasteiger charge is -2.16. The second-order valence-corrected chi connectivity index (χ2v) is 9.41. The van der Waals surface area contributed by atoms with Crippen LogP contribution in [0.5, 0.6) is 5.75 Å². The first kappa shape index (κ1) is 22.9.